The third-order valence-electron chi connectivity index (χ3n) is 5.89. The van der Waals surface area contributed by atoms with Crippen LogP contribution in [0.25, 0.3) is 0 Å². The molecule has 0 aliphatic heterocycles. The summed E-state index contributed by atoms with van der Waals surface area (Å²) >= 11 is 11.9. The van der Waals surface area contributed by atoms with Crippen molar-refractivity contribution in [2.24, 2.45) is 0 Å². The van der Waals surface area contributed by atoms with E-state index in [1.807, 2.05) is 50.2 Å². The summed E-state index contributed by atoms with van der Waals surface area (Å²) in [6, 6.07) is 29.6. The molecular formula is C30H28Cl2O2Zn. The molecule has 0 atom stereocenters. The Morgan fingerprint density at radius 3 is 1.34 bits per heavy atom. The van der Waals surface area contributed by atoms with Crippen LogP contribution in [-0.2, 0) is 30.0 Å². The maximum absolute atomic E-state index is 6.57. The molecular weight excluding hydrogens is 529 g/mol. The Labute approximate surface area is 225 Å². The topological polar surface area (TPSA) is 18.5 Å². The fraction of sp³-hybridized carbons (Fsp3) is 0.200. The van der Waals surface area contributed by atoms with Crippen LogP contribution in [0, 0.1) is 0 Å². The standard InChI is InChI=1S/2C15H14ClO.Zn/c2*1-2-17-14-9-7-12(8-10-14)11-13-5-3-4-6-15(13)16;/h2*4-10H,2,11H2,1H3;. The van der Waals surface area contributed by atoms with Crippen molar-refractivity contribution in [2.75, 3.05) is 13.2 Å². The van der Waals surface area contributed by atoms with E-state index in [9.17, 15) is 0 Å². The van der Waals surface area contributed by atoms with Crippen molar-refractivity contribution in [3.63, 3.8) is 0 Å². The van der Waals surface area contributed by atoms with Crippen molar-refractivity contribution >= 4 is 31.5 Å². The number of hydrogen-bond acceptors (Lipinski definition) is 2. The Balaban J connectivity index is 1.47. The molecule has 5 heteroatoms. The van der Waals surface area contributed by atoms with Gasteiger partial charge in [0.15, 0.2) is 0 Å². The van der Waals surface area contributed by atoms with Crippen LogP contribution in [-0.4, -0.2) is 13.2 Å². The Morgan fingerprint density at radius 2 is 0.971 bits per heavy atom. The summed E-state index contributed by atoms with van der Waals surface area (Å²) in [5.41, 5.74) is 4.79. The van der Waals surface area contributed by atoms with Gasteiger partial charge in [-0.05, 0) is 0 Å². The zero-order valence-electron chi connectivity index (χ0n) is 20.2. The van der Waals surface area contributed by atoms with Gasteiger partial charge in [0.25, 0.3) is 0 Å². The Bertz CT molecular complexity index is 1160. The number of rotatable bonds is 10. The molecule has 0 fully saturated rings. The first kappa shape index (κ1) is 25.8. The average molecular weight is 557 g/mol. The van der Waals surface area contributed by atoms with Gasteiger partial charge in [0.2, 0.25) is 0 Å². The molecule has 4 aromatic carbocycles. The summed E-state index contributed by atoms with van der Waals surface area (Å²) in [4.78, 5) is 0. The van der Waals surface area contributed by atoms with Crippen LogP contribution < -0.4 is 17.8 Å². The van der Waals surface area contributed by atoms with Crippen molar-refractivity contribution in [2.45, 2.75) is 26.7 Å². The number of hydrogen-bond donors (Lipinski definition) is 0. The van der Waals surface area contributed by atoms with Gasteiger partial charge in [-0.2, -0.15) is 0 Å². The van der Waals surface area contributed by atoms with Crippen LogP contribution in [0.5, 0.6) is 11.5 Å². The zero-order valence-corrected chi connectivity index (χ0v) is 24.7. The summed E-state index contributed by atoms with van der Waals surface area (Å²) in [5.74, 6) is 1.80. The number of benzene rings is 4. The molecule has 0 heterocycles. The van der Waals surface area contributed by atoms with Crippen LogP contribution in [0.2, 0.25) is 10.0 Å². The van der Waals surface area contributed by atoms with E-state index in [0.717, 1.165) is 34.4 Å². The summed E-state index contributed by atoms with van der Waals surface area (Å²) in [5, 5.41) is 1.63. The van der Waals surface area contributed by atoms with Gasteiger partial charge in [-0.15, -0.1) is 0 Å². The van der Waals surface area contributed by atoms with E-state index in [4.69, 9.17) is 32.7 Å². The molecule has 0 amide bonds. The van der Waals surface area contributed by atoms with Gasteiger partial charge in [-0.25, -0.2) is 0 Å². The van der Waals surface area contributed by atoms with E-state index in [1.165, 1.54) is 30.6 Å². The second-order valence-electron chi connectivity index (χ2n) is 8.54. The van der Waals surface area contributed by atoms with E-state index < -0.39 is 17.1 Å². The average Bonchev–Trinajstić information content (AvgIpc) is 2.86. The molecule has 0 saturated carbocycles. The summed E-state index contributed by atoms with van der Waals surface area (Å²) < 4.78 is 13.9. The maximum atomic E-state index is 6.57. The van der Waals surface area contributed by atoms with Crippen LogP contribution >= 0.6 is 23.2 Å². The van der Waals surface area contributed by atoms with Gasteiger partial charge >= 0.3 is 227 Å². The third-order valence-corrected chi connectivity index (χ3v) is 10.2. The van der Waals surface area contributed by atoms with Crippen LogP contribution in [0.1, 0.15) is 36.1 Å². The van der Waals surface area contributed by atoms with Gasteiger partial charge in [0.05, 0.1) is 0 Å². The minimum absolute atomic E-state index is 0.673. The van der Waals surface area contributed by atoms with E-state index in [0.29, 0.717) is 13.2 Å². The molecule has 0 spiro atoms. The molecule has 0 aromatic heterocycles. The monoisotopic (exact) mass is 554 g/mol. The molecule has 176 valence electrons. The molecule has 0 radical (unpaired) electrons. The second-order valence-corrected chi connectivity index (χ2v) is 13.5. The molecule has 4 rings (SSSR count). The van der Waals surface area contributed by atoms with Gasteiger partial charge in [-0.1, -0.05) is 0 Å². The van der Waals surface area contributed by atoms with Gasteiger partial charge in [0, 0.05) is 0 Å². The Hall–Kier alpha value is -2.32. The molecule has 4 aromatic rings. The summed E-state index contributed by atoms with van der Waals surface area (Å²) in [6.45, 7) is 5.33. The number of ether oxygens (including phenoxy) is 2. The molecule has 0 unspecified atom stereocenters. The Kier molecular flexibility index (Phi) is 9.27. The normalized spacial score (nSPS) is 10.6. The van der Waals surface area contributed by atoms with Crippen molar-refractivity contribution < 1.29 is 26.6 Å². The molecule has 0 aliphatic carbocycles. The SMILES string of the molecule is CCOc1ccc(Cc2c[c]([Zn][c]3ccc(Cl)c(Cc4ccc(OCC)cc4)c3)ccc2Cl)cc1. The first-order valence-corrected chi connectivity index (χ1v) is 15.7. The zero-order chi connectivity index (χ0) is 24.6. The van der Waals surface area contributed by atoms with E-state index in [1.54, 1.807) is 0 Å². The molecule has 0 N–H and O–H groups in total. The first-order valence-electron chi connectivity index (χ1n) is 12.0. The second kappa shape index (κ2) is 12.6. The van der Waals surface area contributed by atoms with Crippen molar-refractivity contribution in [3.8, 4) is 11.5 Å². The van der Waals surface area contributed by atoms with Crippen molar-refractivity contribution in [1.82, 2.24) is 0 Å². The van der Waals surface area contributed by atoms with Crippen LogP contribution in [0.3, 0.4) is 0 Å². The third kappa shape index (κ3) is 7.34. The van der Waals surface area contributed by atoms with Gasteiger partial charge < -0.3 is 0 Å². The van der Waals surface area contributed by atoms with E-state index in [-0.39, 0.29) is 0 Å². The quantitative estimate of drug-likeness (QED) is 0.196. The summed E-state index contributed by atoms with van der Waals surface area (Å²) in [7, 11) is 0. The molecule has 0 aliphatic rings. The van der Waals surface area contributed by atoms with E-state index >= 15 is 0 Å². The molecule has 0 saturated heterocycles. The van der Waals surface area contributed by atoms with Crippen molar-refractivity contribution in [3.05, 3.63) is 117 Å². The summed E-state index contributed by atoms with van der Waals surface area (Å²) in [6.07, 6.45) is 1.62. The van der Waals surface area contributed by atoms with Crippen LogP contribution in [0.15, 0.2) is 84.9 Å². The molecule has 35 heavy (non-hydrogen) atoms. The van der Waals surface area contributed by atoms with Gasteiger partial charge in [0.1, 0.15) is 0 Å². The van der Waals surface area contributed by atoms with Crippen LogP contribution in [0.4, 0.5) is 0 Å². The van der Waals surface area contributed by atoms with Crippen molar-refractivity contribution in [1.29, 1.82) is 0 Å². The fourth-order valence-corrected chi connectivity index (χ4v) is 7.97. The fourth-order valence-electron chi connectivity index (χ4n) is 4.16. The van der Waals surface area contributed by atoms with Gasteiger partial charge in [-0.3, -0.25) is 0 Å². The molecule has 0 bridgehead atoms. The number of halogens is 2. The minimum atomic E-state index is -1.19. The predicted molar refractivity (Wildman–Crippen MR) is 143 cm³/mol. The Morgan fingerprint density at radius 1 is 0.571 bits per heavy atom. The molecule has 2 nitrogen and oxygen atoms in total. The predicted octanol–water partition coefficient (Wildman–Crippen LogP) is 7.01. The first-order chi connectivity index (χ1) is 17.0. The van der Waals surface area contributed by atoms with E-state index in [2.05, 4.69) is 48.5 Å².